The number of hydrogen-bond donors (Lipinski definition) is 1. The summed E-state index contributed by atoms with van der Waals surface area (Å²) < 4.78 is 36.2. The Balaban J connectivity index is 2.72. The molecular weight excluding hydrogens is 217 g/mol. The molecule has 0 aliphatic heterocycles. The minimum atomic E-state index is -4.47. The summed E-state index contributed by atoms with van der Waals surface area (Å²) in [7, 11) is 0. The van der Waals surface area contributed by atoms with Crippen LogP contribution in [-0.2, 0) is 0 Å². The van der Waals surface area contributed by atoms with Gasteiger partial charge in [0.2, 0.25) is 0 Å². The van der Waals surface area contributed by atoms with Crippen molar-refractivity contribution in [1.29, 1.82) is 0 Å². The Labute approximate surface area is 85.6 Å². The second-order valence-corrected chi connectivity index (χ2v) is 4.56. The van der Waals surface area contributed by atoms with Gasteiger partial charge in [0.15, 0.2) is 0 Å². The van der Waals surface area contributed by atoms with E-state index in [1.165, 1.54) is 0 Å². The lowest BCUT2D eigenvalue weighted by molar-refractivity contribution is -0.0848. The second-order valence-electron chi connectivity index (χ2n) is 4.15. The number of rotatable bonds is 2. The Morgan fingerprint density at radius 3 is 2.29 bits per heavy atom. The molecule has 0 aromatic heterocycles. The van der Waals surface area contributed by atoms with Gasteiger partial charge in [-0.15, -0.1) is 0 Å². The minimum absolute atomic E-state index is 0.101. The molecule has 0 saturated heterocycles. The third-order valence-electron chi connectivity index (χ3n) is 2.93. The molecule has 0 bridgehead atoms. The van der Waals surface area contributed by atoms with Gasteiger partial charge in [0.1, 0.15) is 5.03 Å². The number of halogens is 4. The van der Waals surface area contributed by atoms with Crippen LogP contribution in [0.25, 0.3) is 0 Å². The number of hydrogen-bond acceptors (Lipinski definition) is 1. The van der Waals surface area contributed by atoms with E-state index < -0.39 is 11.2 Å². The highest BCUT2D eigenvalue weighted by molar-refractivity contribution is 6.30. The fourth-order valence-corrected chi connectivity index (χ4v) is 1.85. The molecule has 0 aromatic carbocycles. The topological polar surface area (TPSA) is 20.2 Å². The van der Waals surface area contributed by atoms with Gasteiger partial charge < -0.3 is 5.11 Å². The summed E-state index contributed by atoms with van der Waals surface area (Å²) in [6.45, 7) is 3.53. The van der Waals surface area contributed by atoms with Crippen molar-refractivity contribution in [2.75, 3.05) is 6.61 Å². The van der Waals surface area contributed by atoms with E-state index in [-0.39, 0.29) is 23.9 Å². The molecule has 1 aliphatic carbocycles. The molecule has 0 spiro atoms. The molecule has 82 valence electrons. The number of aliphatic hydroxyl groups is 1. The van der Waals surface area contributed by atoms with Crippen molar-refractivity contribution < 1.29 is 18.3 Å². The summed E-state index contributed by atoms with van der Waals surface area (Å²) in [5.41, 5.74) is -0.278. The predicted octanol–water partition coefficient (Wildman–Crippen LogP) is 2.94. The largest absolute Gasteiger partial charge is 0.426 e. The Bertz CT molecular complexity index is 257. The fourth-order valence-electron chi connectivity index (χ4n) is 1.72. The first-order valence-electron chi connectivity index (χ1n) is 4.26. The lowest BCUT2D eigenvalue weighted by Gasteiger charge is -2.04. The molecule has 0 radical (unpaired) electrons. The zero-order valence-corrected chi connectivity index (χ0v) is 8.65. The molecule has 0 aromatic rings. The Hall–Kier alpha value is -0.220. The zero-order chi connectivity index (χ0) is 11.1. The van der Waals surface area contributed by atoms with Crippen LogP contribution >= 0.6 is 11.6 Å². The van der Waals surface area contributed by atoms with Gasteiger partial charge in [-0.2, -0.15) is 13.2 Å². The van der Waals surface area contributed by atoms with E-state index >= 15 is 0 Å². The van der Waals surface area contributed by atoms with Gasteiger partial charge in [-0.1, -0.05) is 31.5 Å². The summed E-state index contributed by atoms with van der Waals surface area (Å²) >= 11 is 5.10. The standard InChI is InChI=1S/C9H12ClF3O/c1-8(2)5(6(8)4-14)3-7(10)9(11,12)13/h3,5-6,14H,4H2,1-2H3/b7-3-/t5-,6+/m1/s1. The van der Waals surface area contributed by atoms with Gasteiger partial charge in [-0.3, -0.25) is 0 Å². The van der Waals surface area contributed by atoms with E-state index in [0.717, 1.165) is 6.08 Å². The molecule has 1 aliphatic rings. The molecule has 0 amide bonds. The lowest BCUT2D eigenvalue weighted by atomic mass is 10.1. The average Bonchev–Trinajstić information content (AvgIpc) is 2.51. The molecule has 14 heavy (non-hydrogen) atoms. The third kappa shape index (κ3) is 2.06. The third-order valence-corrected chi connectivity index (χ3v) is 3.27. The first kappa shape index (κ1) is 11.9. The van der Waals surface area contributed by atoms with Crippen molar-refractivity contribution in [3.05, 3.63) is 11.1 Å². The van der Waals surface area contributed by atoms with Crippen LogP contribution in [0.5, 0.6) is 0 Å². The van der Waals surface area contributed by atoms with Gasteiger partial charge in [0.05, 0.1) is 0 Å². The van der Waals surface area contributed by atoms with Crippen LogP contribution < -0.4 is 0 Å². The van der Waals surface area contributed by atoms with E-state index in [1.807, 2.05) is 13.8 Å². The average molecular weight is 229 g/mol. The van der Waals surface area contributed by atoms with E-state index in [4.69, 9.17) is 16.7 Å². The van der Waals surface area contributed by atoms with Crippen molar-refractivity contribution in [2.24, 2.45) is 17.3 Å². The van der Waals surface area contributed by atoms with Gasteiger partial charge in [0, 0.05) is 6.61 Å². The Morgan fingerprint density at radius 1 is 1.50 bits per heavy atom. The SMILES string of the molecule is CC1(C)[C@H](/C=C(\Cl)C(F)(F)F)[C@@H]1CO. The van der Waals surface area contributed by atoms with Crippen molar-refractivity contribution >= 4 is 11.6 Å². The molecule has 1 fully saturated rings. The molecule has 5 heteroatoms. The quantitative estimate of drug-likeness (QED) is 0.771. The second kappa shape index (κ2) is 3.42. The maximum Gasteiger partial charge on any atom is 0.426 e. The summed E-state index contributed by atoms with van der Waals surface area (Å²) in [4.78, 5) is 0. The molecule has 0 heterocycles. The normalized spacial score (nSPS) is 31.8. The Morgan fingerprint density at radius 2 is 2.00 bits per heavy atom. The lowest BCUT2D eigenvalue weighted by Crippen LogP contribution is -2.07. The first-order valence-corrected chi connectivity index (χ1v) is 4.64. The van der Waals surface area contributed by atoms with Crippen molar-refractivity contribution in [2.45, 2.75) is 20.0 Å². The summed E-state index contributed by atoms with van der Waals surface area (Å²) in [6.07, 6.45) is -3.47. The Kier molecular flexibility index (Phi) is 2.89. The monoisotopic (exact) mass is 228 g/mol. The highest BCUT2D eigenvalue weighted by atomic mass is 35.5. The minimum Gasteiger partial charge on any atom is -0.396 e. The maximum absolute atomic E-state index is 12.1. The molecule has 0 unspecified atom stereocenters. The van der Waals surface area contributed by atoms with Gasteiger partial charge in [-0.25, -0.2) is 0 Å². The van der Waals surface area contributed by atoms with Gasteiger partial charge >= 0.3 is 6.18 Å². The number of allylic oxidation sites excluding steroid dienone is 2. The van der Waals surface area contributed by atoms with Crippen LogP contribution in [0.3, 0.4) is 0 Å². The van der Waals surface area contributed by atoms with Crippen LogP contribution in [-0.4, -0.2) is 17.9 Å². The number of aliphatic hydroxyl groups excluding tert-OH is 1. The summed E-state index contributed by atoms with van der Waals surface area (Å²) in [5, 5.41) is 7.78. The smallest absolute Gasteiger partial charge is 0.396 e. The van der Waals surface area contributed by atoms with Crippen LogP contribution in [0.1, 0.15) is 13.8 Å². The van der Waals surface area contributed by atoms with E-state index in [0.29, 0.717) is 0 Å². The van der Waals surface area contributed by atoms with Crippen LogP contribution in [0.2, 0.25) is 0 Å². The van der Waals surface area contributed by atoms with E-state index in [1.54, 1.807) is 0 Å². The van der Waals surface area contributed by atoms with Gasteiger partial charge in [-0.05, 0) is 17.3 Å². The number of alkyl halides is 3. The molecular formula is C9H12ClF3O. The molecule has 1 N–H and O–H groups in total. The molecule has 1 saturated carbocycles. The van der Waals surface area contributed by atoms with Crippen molar-refractivity contribution in [1.82, 2.24) is 0 Å². The first-order chi connectivity index (χ1) is 6.21. The van der Waals surface area contributed by atoms with E-state index in [2.05, 4.69) is 0 Å². The maximum atomic E-state index is 12.1. The van der Waals surface area contributed by atoms with Crippen LogP contribution in [0.4, 0.5) is 13.2 Å². The summed E-state index contributed by atoms with van der Waals surface area (Å²) in [5.74, 6) is -0.389. The fraction of sp³-hybridized carbons (Fsp3) is 0.778. The van der Waals surface area contributed by atoms with Crippen LogP contribution in [0.15, 0.2) is 11.1 Å². The summed E-state index contributed by atoms with van der Waals surface area (Å²) in [6, 6.07) is 0. The van der Waals surface area contributed by atoms with Gasteiger partial charge in [0.25, 0.3) is 0 Å². The highest BCUT2D eigenvalue weighted by Gasteiger charge is 2.56. The van der Waals surface area contributed by atoms with Crippen molar-refractivity contribution in [3.8, 4) is 0 Å². The molecule has 2 atom stereocenters. The van der Waals surface area contributed by atoms with E-state index in [9.17, 15) is 13.2 Å². The van der Waals surface area contributed by atoms with Crippen molar-refractivity contribution in [3.63, 3.8) is 0 Å². The molecule has 1 nitrogen and oxygen atoms in total. The predicted molar refractivity (Wildman–Crippen MR) is 47.8 cm³/mol. The highest BCUT2D eigenvalue weighted by Crippen LogP contribution is 2.59. The zero-order valence-electron chi connectivity index (χ0n) is 7.90. The molecule has 1 rings (SSSR count). The van der Waals surface area contributed by atoms with Crippen LogP contribution in [0, 0.1) is 17.3 Å².